The highest BCUT2D eigenvalue weighted by Gasteiger charge is 2.21. The summed E-state index contributed by atoms with van der Waals surface area (Å²) < 4.78 is 0. The van der Waals surface area contributed by atoms with Gasteiger partial charge in [-0.2, -0.15) is 0 Å². The van der Waals surface area contributed by atoms with Crippen molar-refractivity contribution in [3.05, 3.63) is 59.7 Å². The fourth-order valence-electron chi connectivity index (χ4n) is 3.20. The van der Waals surface area contributed by atoms with Crippen LogP contribution in [0.5, 0.6) is 0 Å². The molecule has 3 rings (SSSR count). The van der Waals surface area contributed by atoms with Crippen molar-refractivity contribution in [2.75, 3.05) is 6.54 Å². The van der Waals surface area contributed by atoms with Crippen molar-refractivity contribution in [2.45, 2.75) is 39.3 Å². The molecule has 1 aliphatic rings. The van der Waals surface area contributed by atoms with Gasteiger partial charge in [-0.15, -0.1) is 0 Å². The summed E-state index contributed by atoms with van der Waals surface area (Å²) in [5.41, 5.74) is 5.53. The number of nitrogens with zero attached hydrogens (tertiary/aromatic N) is 1. The van der Waals surface area contributed by atoms with Crippen molar-refractivity contribution in [1.82, 2.24) is 4.90 Å². The van der Waals surface area contributed by atoms with Crippen LogP contribution in [0, 0.1) is 6.92 Å². The fourth-order valence-corrected chi connectivity index (χ4v) is 3.20. The molecule has 1 saturated heterocycles. The number of likely N-dealkylation sites (tertiary alicyclic amines) is 1. The van der Waals surface area contributed by atoms with Gasteiger partial charge >= 0.3 is 0 Å². The zero-order valence-corrected chi connectivity index (χ0v) is 12.5. The minimum absolute atomic E-state index is 0.721. The van der Waals surface area contributed by atoms with Crippen molar-refractivity contribution in [1.29, 1.82) is 0 Å². The van der Waals surface area contributed by atoms with E-state index in [1.165, 1.54) is 41.6 Å². The van der Waals surface area contributed by atoms with Gasteiger partial charge in [0.05, 0.1) is 0 Å². The normalized spacial score (nSPS) is 19.4. The summed E-state index contributed by atoms with van der Waals surface area (Å²) in [4.78, 5) is 2.61. The van der Waals surface area contributed by atoms with E-state index in [4.69, 9.17) is 0 Å². The molecule has 20 heavy (non-hydrogen) atoms. The molecule has 0 saturated carbocycles. The molecule has 0 aromatic heterocycles. The minimum atomic E-state index is 0.721. The lowest BCUT2D eigenvalue weighted by Crippen LogP contribution is -2.26. The first-order valence-electron chi connectivity index (χ1n) is 7.63. The van der Waals surface area contributed by atoms with E-state index in [0.717, 1.165) is 12.6 Å². The number of rotatable bonds is 3. The first kappa shape index (κ1) is 13.4. The van der Waals surface area contributed by atoms with Crippen molar-refractivity contribution in [3.8, 4) is 11.1 Å². The van der Waals surface area contributed by atoms with Crippen LogP contribution in [0.1, 0.15) is 30.9 Å². The van der Waals surface area contributed by atoms with E-state index in [2.05, 4.69) is 67.3 Å². The summed E-state index contributed by atoms with van der Waals surface area (Å²) in [7, 11) is 0. The Morgan fingerprint density at radius 1 is 1.10 bits per heavy atom. The molecule has 1 atom stereocenters. The summed E-state index contributed by atoms with van der Waals surface area (Å²) in [6.07, 6.45) is 2.68. The molecule has 1 fully saturated rings. The van der Waals surface area contributed by atoms with Crippen molar-refractivity contribution >= 4 is 0 Å². The van der Waals surface area contributed by atoms with Gasteiger partial charge in [0, 0.05) is 12.6 Å². The highest BCUT2D eigenvalue weighted by atomic mass is 15.2. The van der Waals surface area contributed by atoms with Gasteiger partial charge in [-0.25, -0.2) is 0 Å². The van der Waals surface area contributed by atoms with Crippen molar-refractivity contribution in [2.24, 2.45) is 0 Å². The Kier molecular flexibility index (Phi) is 3.88. The molecular weight excluding hydrogens is 242 g/mol. The van der Waals surface area contributed by atoms with Gasteiger partial charge in [0.25, 0.3) is 0 Å². The first-order chi connectivity index (χ1) is 9.74. The molecule has 1 heterocycles. The van der Waals surface area contributed by atoms with E-state index in [0.29, 0.717) is 0 Å². The fraction of sp³-hybridized carbons (Fsp3) is 0.368. The summed E-state index contributed by atoms with van der Waals surface area (Å²) in [6, 6.07) is 18.3. The molecule has 1 aliphatic heterocycles. The number of aryl methyl sites for hydroxylation is 1. The highest BCUT2D eigenvalue weighted by molar-refractivity contribution is 5.67. The van der Waals surface area contributed by atoms with Crippen LogP contribution in [0.4, 0.5) is 0 Å². The van der Waals surface area contributed by atoms with E-state index in [-0.39, 0.29) is 0 Å². The van der Waals surface area contributed by atoms with E-state index >= 15 is 0 Å². The topological polar surface area (TPSA) is 3.24 Å². The van der Waals surface area contributed by atoms with Crippen LogP contribution in [0.15, 0.2) is 48.5 Å². The Bertz CT molecular complexity index is 574. The maximum Gasteiger partial charge on any atom is 0.0242 e. The third-order valence-corrected chi connectivity index (χ3v) is 4.41. The Labute approximate surface area is 122 Å². The maximum absolute atomic E-state index is 2.61. The second kappa shape index (κ2) is 5.80. The molecular formula is C19H23N. The second-order valence-electron chi connectivity index (χ2n) is 5.99. The van der Waals surface area contributed by atoms with Gasteiger partial charge in [-0.3, -0.25) is 4.90 Å². The molecule has 1 unspecified atom stereocenters. The van der Waals surface area contributed by atoms with Crippen LogP contribution >= 0.6 is 0 Å². The summed E-state index contributed by atoms with van der Waals surface area (Å²) in [6.45, 7) is 6.85. The van der Waals surface area contributed by atoms with Gasteiger partial charge < -0.3 is 0 Å². The van der Waals surface area contributed by atoms with Crippen LogP contribution in [-0.2, 0) is 6.54 Å². The van der Waals surface area contributed by atoms with Crippen molar-refractivity contribution < 1.29 is 0 Å². The van der Waals surface area contributed by atoms with Crippen LogP contribution in [0.25, 0.3) is 11.1 Å². The Hall–Kier alpha value is -1.60. The smallest absolute Gasteiger partial charge is 0.0242 e. The maximum atomic E-state index is 2.61. The minimum Gasteiger partial charge on any atom is -0.296 e. The van der Waals surface area contributed by atoms with Crippen LogP contribution in [0.3, 0.4) is 0 Å². The Morgan fingerprint density at radius 3 is 2.60 bits per heavy atom. The Morgan fingerprint density at radius 2 is 1.90 bits per heavy atom. The number of benzene rings is 2. The number of hydrogen-bond acceptors (Lipinski definition) is 1. The van der Waals surface area contributed by atoms with Gasteiger partial charge in [0.2, 0.25) is 0 Å². The lowest BCUT2D eigenvalue weighted by atomic mass is 9.97. The SMILES string of the molecule is Cc1ccc(-c2ccccc2)c(CN2CCCC2C)c1. The largest absolute Gasteiger partial charge is 0.296 e. The standard InChI is InChI=1S/C19H23N/c1-15-10-11-19(17-8-4-3-5-9-17)18(13-15)14-20-12-6-7-16(20)2/h3-5,8-11,13,16H,6-7,12,14H2,1-2H3. The first-order valence-corrected chi connectivity index (χ1v) is 7.63. The summed E-state index contributed by atoms with van der Waals surface area (Å²) in [5.74, 6) is 0. The Balaban J connectivity index is 1.94. The molecule has 0 bridgehead atoms. The molecule has 2 aromatic rings. The van der Waals surface area contributed by atoms with E-state index in [9.17, 15) is 0 Å². The van der Waals surface area contributed by atoms with Gasteiger partial charge in [-0.05, 0) is 49.9 Å². The molecule has 1 heteroatoms. The second-order valence-corrected chi connectivity index (χ2v) is 5.99. The molecule has 104 valence electrons. The summed E-state index contributed by atoms with van der Waals surface area (Å²) in [5, 5.41) is 0. The van der Waals surface area contributed by atoms with Crippen LogP contribution in [-0.4, -0.2) is 17.5 Å². The van der Waals surface area contributed by atoms with E-state index < -0.39 is 0 Å². The molecule has 0 spiro atoms. The van der Waals surface area contributed by atoms with Crippen molar-refractivity contribution in [3.63, 3.8) is 0 Å². The molecule has 0 radical (unpaired) electrons. The third-order valence-electron chi connectivity index (χ3n) is 4.41. The molecule has 2 aromatic carbocycles. The third kappa shape index (κ3) is 2.78. The van der Waals surface area contributed by atoms with E-state index in [1.807, 2.05) is 0 Å². The highest BCUT2D eigenvalue weighted by Crippen LogP contribution is 2.28. The lowest BCUT2D eigenvalue weighted by Gasteiger charge is -2.23. The molecule has 1 nitrogen and oxygen atoms in total. The predicted octanol–water partition coefficient (Wildman–Crippen LogP) is 4.65. The average molecular weight is 265 g/mol. The van der Waals surface area contributed by atoms with Crippen LogP contribution in [0.2, 0.25) is 0 Å². The average Bonchev–Trinajstić information content (AvgIpc) is 2.85. The van der Waals surface area contributed by atoms with Crippen LogP contribution < -0.4 is 0 Å². The molecule has 0 amide bonds. The van der Waals surface area contributed by atoms with E-state index in [1.54, 1.807) is 0 Å². The van der Waals surface area contributed by atoms with Gasteiger partial charge in [0.1, 0.15) is 0 Å². The quantitative estimate of drug-likeness (QED) is 0.781. The molecule has 0 aliphatic carbocycles. The zero-order chi connectivity index (χ0) is 13.9. The predicted molar refractivity (Wildman–Crippen MR) is 85.7 cm³/mol. The number of hydrogen-bond donors (Lipinski definition) is 0. The zero-order valence-electron chi connectivity index (χ0n) is 12.5. The van der Waals surface area contributed by atoms with Gasteiger partial charge in [0.15, 0.2) is 0 Å². The summed E-state index contributed by atoms with van der Waals surface area (Å²) >= 11 is 0. The van der Waals surface area contributed by atoms with Gasteiger partial charge in [-0.1, -0.05) is 54.1 Å². The monoisotopic (exact) mass is 265 g/mol. The lowest BCUT2D eigenvalue weighted by molar-refractivity contribution is 0.260. The molecule has 0 N–H and O–H groups in total.